The van der Waals surface area contributed by atoms with Crippen LogP contribution in [-0.2, 0) is 7.05 Å². The van der Waals surface area contributed by atoms with Crippen LogP contribution < -0.4 is 5.32 Å². The number of nitrogens with zero attached hydrogens (tertiary/aromatic N) is 4. The molecule has 1 fully saturated rings. The van der Waals surface area contributed by atoms with E-state index in [-0.39, 0.29) is 6.10 Å². The predicted molar refractivity (Wildman–Crippen MR) is 59.0 cm³/mol. The van der Waals surface area contributed by atoms with E-state index in [1.54, 1.807) is 10.9 Å². The standard InChI is InChI=1S/C10H13N5O/c1-15-10-8(4-13-15)9(11-5-12-10)14-6-2-7(16)3-6/h4-7,16H,2-3H2,1H3,(H,11,12,14). The first-order chi connectivity index (χ1) is 7.74. The summed E-state index contributed by atoms with van der Waals surface area (Å²) in [7, 11) is 1.85. The quantitative estimate of drug-likeness (QED) is 0.759. The lowest BCUT2D eigenvalue weighted by Crippen LogP contribution is -2.39. The first-order valence-electron chi connectivity index (χ1n) is 5.31. The Labute approximate surface area is 92.3 Å². The molecule has 16 heavy (non-hydrogen) atoms. The van der Waals surface area contributed by atoms with Gasteiger partial charge in [-0.3, -0.25) is 4.68 Å². The number of anilines is 1. The van der Waals surface area contributed by atoms with Gasteiger partial charge in [0.15, 0.2) is 5.65 Å². The van der Waals surface area contributed by atoms with Gasteiger partial charge in [-0.25, -0.2) is 9.97 Å². The third kappa shape index (κ3) is 1.42. The van der Waals surface area contributed by atoms with E-state index in [4.69, 9.17) is 0 Å². The van der Waals surface area contributed by atoms with Crippen molar-refractivity contribution in [2.75, 3.05) is 5.32 Å². The van der Waals surface area contributed by atoms with Gasteiger partial charge in [-0.1, -0.05) is 0 Å². The van der Waals surface area contributed by atoms with Gasteiger partial charge in [0, 0.05) is 13.1 Å². The summed E-state index contributed by atoms with van der Waals surface area (Å²) in [5.41, 5.74) is 0.817. The number of fused-ring (bicyclic) bond motifs is 1. The number of rotatable bonds is 2. The van der Waals surface area contributed by atoms with Crippen molar-refractivity contribution in [3.63, 3.8) is 0 Å². The van der Waals surface area contributed by atoms with Crippen LogP contribution in [0, 0.1) is 0 Å². The van der Waals surface area contributed by atoms with Gasteiger partial charge in [-0.15, -0.1) is 0 Å². The molecular formula is C10H13N5O. The molecular weight excluding hydrogens is 206 g/mol. The van der Waals surface area contributed by atoms with Gasteiger partial charge in [0.2, 0.25) is 0 Å². The van der Waals surface area contributed by atoms with Crippen LogP contribution >= 0.6 is 0 Å². The molecule has 0 atom stereocenters. The van der Waals surface area contributed by atoms with Crippen LogP contribution in [0.3, 0.4) is 0 Å². The Bertz CT molecular complexity index is 517. The molecule has 0 spiro atoms. The number of hydrogen-bond donors (Lipinski definition) is 2. The predicted octanol–water partition coefficient (Wildman–Crippen LogP) is 0.299. The van der Waals surface area contributed by atoms with Crippen LogP contribution in [0.25, 0.3) is 11.0 Å². The van der Waals surface area contributed by atoms with Crippen LogP contribution in [0.2, 0.25) is 0 Å². The number of hydrogen-bond acceptors (Lipinski definition) is 5. The second kappa shape index (κ2) is 3.41. The van der Waals surface area contributed by atoms with E-state index in [0.717, 1.165) is 29.7 Å². The van der Waals surface area contributed by atoms with Crippen LogP contribution in [0.1, 0.15) is 12.8 Å². The van der Waals surface area contributed by atoms with Crippen molar-refractivity contribution in [3.8, 4) is 0 Å². The maximum Gasteiger partial charge on any atom is 0.163 e. The van der Waals surface area contributed by atoms with Gasteiger partial charge in [-0.2, -0.15) is 5.10 Å². The molecule has 2 aromatic heterocycles. The van der Waals surface area contributed by atoms with Gasteiger partial charge < -0.3 is 10.4 Å². The highest BCUT2D eigenvalue weighted by molar-refractivity contribution is 5.86. The van der Waals surface area contributed by atoms with E-state index >= 15 is 0 Å². The number of aryl methyl sites for hydroxylation is 1. The fraction of sp³-hybridized carbons (Fsp3) is 0.500. The molecule has 1 aliphatic rings. The van der Waals surface area contributed by atoms with E-state index in [2.05, 4.69) is 20.4 Å². The molecule has 0 aliphatic heterocycles. The molecule has 1 saturated carbocycles. The molecule has 2 aromatic rings. The second-order valence-corrected chi connectivity index (χ2v) is 4.19. The van der Waals surface area contributed by atoms with Gasteiger partial charge in [0.25, 0.3) is 0 Å². The van der Waals surface area contributed by atoms with Crippen molar-refractivity contribution < 1.29 is 5.11 Å². The molecule has 0 radical (unpaired) electrons. The summed E-state index contributed by atoms with van der Waals surface area (Å²) in [6.45, 7) is 0. The third-order valence-corrected chi connectivity index (χ3v) is 2.98. The minimum absolute atomic E-state index is 0.163. The highest BCUT2D eigenvalue weighted by atomic mass is 16.3. The first-order valence-corrected chi connectivity index (χ1v) is 5.31. The van der Waals surface area contributed by atoms with E-state index in [1.165, 1.54) is 6.33 Å². The number of nitrogens with one attached hydrogen (secondary N) is 1. The maximum absolute atomic E-state index is 9.22. The Morgan fingerprint density at radius 1 is 1.44 bits per heavy atom. The topological polar surface area (TPSA) is 75.9 Å². The zero-order chi connectivity index (χ0) is 11.1. The summed E-state index contributed by atoms with van der Waals surface area (Å²) in [5.74, 6) is 0.801. The fourth-order valence-electron chi connectivity index (χ4n) is 1.98. The largest absolute Gasteiger partial charge is 0.393 e. The Kier molecular flexibility index (Phi) is 2.03. The molecule has 2 N–H and O–H groups in total. The highest BCUT2D eigenvalue weighted by Crippen LogP contribution is 2.26. The van der Waals surface area contributed by atoms with Crippen LogP contribution in [-0.4, -0.2) is 37.0 Å². The van der Waals surface area contributed by atoms with Crippen molar-refractivity contribution in [2.45, 2.75) is 25.0 Å². The van der Waals surface area contributed by atoms with Crippen molar-refractivity contribution in [2.24, 2.45) is 7.05 Å². The molecule has 0 saturated heterocycles. The van der Waals surface area contributed by atoms with E-state index in [1.807, 2.05) is 7.05 Å². The molecule has 2 heterocycles. The molecule has 1 aliphatic carbocycles. The minimum atomic E-state index is -0.163. The summed E-state index contributed by atoms with van der Waals surface area (Å²) in [6, 6.07) is 0.313. The number of aromatic nitrogens is 4. The maximum atomic E-state index is 9.22. The van der Waals surface area contributed by atoms with E-state index < -0.39 is 0 Å². The summed E-state index contributed by atoms with van der Waals surface area (Å²) < 4.78 is 1.72. The van der Waals surface area contributed by atoms with Crippen LogP contribution in [0.15, 0.2) is 12.5 Å². The lowest BCUT2D eigenvalue weighted by atomic mass is 9.89. The number of aliphatic hydroxyl groups is 1. The molecule has 0 bridgehead atoms. The Morgan fingerprint density at radius 3 is 3.00 bits per heavy atom. The second-order valence-electron chi connectivity index (χ2n) is 4.19. The summed E-state index contributed by atoms with van der Waals surface area (Å²) in [6.07, 6.45) is 4.69. The number of aliphatic hydroxyl groups excluding tert-OH is 1. The van der Waals surface area contributed by atoms with Crippen LogP contribution in [0.5, 0.6) is 0 Å². The average Bonchev–Trinajstić information content (AvgIpc) is 2.60. The fourth-order valence-corrected chi connectivity index (χ4v) is 1.98. The van der Waals surface area contributed by atoms with Crippen LogP contribution in [0.4, 0.5) is 5.82 Å². The van der Waals surface area contributed by atoms with E-state index in [0.29, 0.717) is 6.04 Å². The zero-order valence-corrected chi connectivity index (χ0v) is 8.96. The van der Waals surface area contributed by atoms with Gasteiger partial charge in [0.05, 0.1) is 17.7 Å². The van der Waals surface area contributed by atoms with Crippen molar-refractivity contribution >= 4 is 16.9 Å². The zero-order valence-electron chi connectivity index (χ0n) is 8.96. The SMILES string of the molecule is Cn1ncc2c(NC3CC(O)C3)ncnc21. The molecule has 0 aromatic carbocycles. The Balaban J connectivity index is 1.91. The molecule has 0 unspecified atom stereocenters. The molecule has 3 rings (SSSR count). The Morgan fingerprint density at radius 2 is 2.25 bits per heavy atom. The van der Waals surface area contributed by atoms with Gasteiger partial charge >= 0.3 is 0 Å². The molecule has 0 amide bonds. The Hall–Kier alpha value is -1.69. The molecule has 84 valence electrons. The summed E-state index contributed by atoms with van der Waals surface area (Å²) in [4.78, 5) is 8.38. The lowest BCUT2D eigenvalue weighted by molar-refractivity contribution is 0.0836. The van der Waals surface area contributed by atoms with Gasteiger partial charge in [-0.05, 0) is 12.8 Å². The average molecular weight is 219 g/mol. The first kappa shape index (κ1) is 9.53. The smallest absolute Gasteiger partial charge is 0.163 e. The molecule has 6 nitrogen and oxygen atoms in total. The lowest BCUT2D eigenvalue weighted by Gasteiger charge is -2.32. The third-order valence-electron chi connectivity index (χ3n) is 2.98. The summed E-state index contributed by atoms with van der Waals surface area (Å²) >= 11 is 0. The minimum Gasteiger partial charge on any atom is -0.393 e. The van der Waals surface area contributed by atoms with Gasteiger partial charge in [0.1, 0.15) is 12.1 Å². The van der Waals surface area contributed by atoms with E-state index in [9.17, 15) is 5.11 Å². The summed E-state index contributed by atoms with van der Waals surface area (Å²) in [5, 5.41) is 17.6. The van der Waals surface area contributed by atoms with Crippen molar-refractivity contribution in [1.82, 2.24) is 19.7 Å². The monoisotopic (exact) mass is 219 g/mol. The van der Waals surface area contributed by atoms with Crippen molar-refractivity contribution in [1.29, 1.82) is 0 Å². The normalized spacial score (nSPS) is 24.4. The highest BCUT2D eigenvalue weighted by Gasteiger charge is 2.27. The van der Waals surface area contributed by atoms with Crippen molar-refractivity contribution in [3.05, 3.63) is 12.5 Å². The molecule has 6 heteroatoms.